The fourth-order valence-corrected chi connectivity index (χ4v) is 3.16. The molecule has 3 heteroatoms. The van der Waals surface area contributed by atoms with Crippen molar-refractivity contribution < 1.29 is 9.53 Å². The van der Waals surface area contributed by atoms with Gasteiger partial charge in [-0.05, 0) is 50.1 Å². The Kier molecular flexibility index (Phi) is 5.18. The van der Waals surface area contributed by atoms with E-state index in [4.69, 9.17) is 4.74 Å². The van der Waals surface area contributed by atoms with E-state index in [0.717, 1.165) is 11.3 Å². The number of nitrogens with zero attached hydrogens (tertiary/aromatic N) is 1. The molecule has 3 nitrogen and oxygen atoms in total. The lowest BCUT2D eigenvalue weighted by atomic mass is 9.85. The van der Waals surface area contributed by atoms with Crippen LogP contribution in [0, 0.1) is 5.92 Å². The minimum Gasteiger partial charge on any atom is -0.497 e. The summed E-state index contributed by atoms with van der Waals surface area (Å²) in [5, 5.41) is 0. The molecule has 20 heavy (non-hydrogen) atoms. The van der Waals surface area contributed by atoms with Crippen molar-refractivity contribution in [3.63, 3.8) is 0 Å². The zero-order valence-corrected chi connectivity index (χ0v) is 12.8. The molecule has 2 unspecified atom stereocenters. The number of carbonyl (C=O) groups excluding carboxylic acids is 1. The summed E-state index contributed by atoms with van der Waals surface area (Å²) in [7, 11) is 3.71. The van der Waals surface area contributed by atoms with Gasteiger partial charge in [0.05, 0.1) is 13.7 Å². The van der Waals surface area contributed by atoms with Crippen LogP contribution >= 0.6 is 0 Å². The van der Waals surface area contributed by atoms with Gasteiger partial charge in [0.25, 0.3) is 0 Å². The summed E-state index contributed by atoms with van der Waals surface area (Å²) in [6.07, 6.45) is 5.12. The Morgan fingerprint density at radius 1 is 1.25 bits per heavy atom. The van der Waals surface area contributed by atoms with Gasteiger partial charge < -0.3 is 4.74 Å². The summed E-state index contributed by atoms with van der Waals surface area (Å²) < 4.78 is 5.12. The van der Waals surface area contributed by atoms with Crippen LogP contribution in [-0.4, -0.2) is 37.4 Å². The number of ether oxygens (including phenoxy) is 1. The highest BCUT2D eigenvalue weighted by Gasteiger charge is 2.26. The van der Waals surface area contributed by atoms with Crippen molar-refractivity contribution >= 4 is 5.78 Å². The van der Waals surface area contributed by atoms with E-state index in [-0.39, 0.29) is 5.78 Å². The van der Waals surface area contributed by atoms with Gasteiger partial charge in [-0.25, -0.2) is 0 Å². The number of hydrogen-bond donors (Lipinski definition) is 0. The molecule has 0 aliphatic heterocycles. The van der Waals surface area contributed by atoms with Crippen LogP contribution in [0.1, 0.15) is 43.0 Å². The standard InChI is InChI=1S/C17H25NO2/c1-13-6-4-5-7-16(13)18(2)12-17(19)14-8-10-15(20-3)11-9-14/h8-11,13,16H,4-7,12H2,1-3H3. The second-order valence-electron chi connectivity index (χ2n) is 5.90. The Morgan fingerprint density at radius 2 is 1.90 bits per heavy atom. The van der Waals surface area contributed by atoms with Gasteiger partial charge in [-0.3, -0.25) is 9.69 Å². The second-order valence-corrected chi connectivity index (χ2v) is 5.90. The summed E-state index contributed by atoms with van der Waals surface area (Å²) >= 11 is 0. The zero-order chi connectivity index (χ0) is 14.5. The van der Waals surface area contributed by atoms with E-state index in [9.17, 15) is 4.79 Å². The Labute approximate surface area is 121 Å². The van der Waals surface area contributed by atoms with Crippen LogP contribution in [0.2, 0.25) is 0 Å². The van der Waals surface area contributed by atoms with Crippen LogP contribution in [0.3, 0.4) is 0 Å². The molecule has 0 spiro atoms. The monoisotopic (exact) mass is 275 g/mol. The molecule has 1 fully saturated rings. The van der Waals surface area contributed by atoms with Crippen molar-refractivity contribution in [2.24, 2.45) is 5.92 Å². The zero-order valence-electron chi connectivity index (χ0n) is 12.8. The second kappa shape index (κ2) is 6.89. The third-order valence-corrected chi connectivity index (χ3v) is 4.44. The van der Waals surface area contributed by atoms with Crippen LogP contribution in [-0.2, 0) is 0 Å². The highest BCUT2D eigenvalue weighted by atomic mass is 16.5. The molecule has 0 heterocycles. The largest absolute Gasteiger partial charge is 0.497 e. The van der Waals surface area contributed by atoms with Crippen LogP contribution in [0.25, 0.3) is 0 Å². The minimum atomic E-state index is 0.188. The lowest BCUT2D eigenvalue weighted by Gasteiger charge is -2.35. The molecule has 2 rings (SSSR count). The van der Waals surface area contributed by atoms with Crippen LogP contribution in [0.15, 0.2) is 24.3 Å². The van der Waals surface area contributed by atoms with E-state index in [1.807, 2.05) is 24.3 Å². The van der Waals surface area contributed by atoms with E-state index >= 15 is 0 Å². The molecular weight excluding hydrogens is 250 g/mol. The highest BCUT2D eigenvalue weighted by Crippen LogP contribution is 2.27. The van der Waals surface area contributed by atoms with Gasteiger partial charge in [0, 0.05) is 11.6 Å². The summed E-state index contributed by atoms with van der Waals surface area (Å²) in [4.78, 5) is 14.6. The summed E-state index contributed by atoms with van der Waals surface area (Å²) in [6.45, 7) is 2.81. The van der Waals surface area contributed by atoms with Gasteiger partial charge in [0.2, 0.25) is 0 Å². The van der Waals surface area contributed by atoms with Gasteiger partial charge in [0.15, 0.2) is 5.78 Å². The average molecular weight is 275 g/mol. The molecule has 1 aromatic carbocycles. The topological polar surface area (TPSA) is 29.5 Å². The van der Waals surface area contributed by atoms with Crippen LogP contribution in [0.5, 0.6) is 5.75 Å². The fraction of sp³-hybridized carbons (Fsp3) is 0.588. The third kappa shape index (κ3) is 3.60. The van der Waals surface area contributed by atoms with E-state index in [0.29, 0.717) is 18.5 Å². The molecule has 0 saturated heterocycles. The Hall–Kier alpha value is -1.35. The quantitative estimate of drug-likeness (QED) is 0.771. The van der Waals surface area contributed by atoms with Crippen molar-refractivity contribution in [3.8, 4) is 5.75 Å². The number of methoxy groups -OCH3 is 1. The SMILES string of the molecule is COc1ccc(C(=O)CN(C)C2CCCCC2C)cc1. The molecule has 1 saturated carbocycles. The first kappa shape index (κ1) is 15.0. The van der Waals surface area contributed by atoms with Crippen LogP contribution < -0.4 is 4.74 Å². The lowest BCUT2D eigenvalue weighted by molar-refractivity contribution is 0.0851. The summed E-state index contributed by atoms with van der Waals surface area (Å²) in [5.41, 5.74) is 0.765. The maximum Gasteiger partial charge on any atom is 0.176 e. The molecule has 0 bridgehead atoms. The Morgan fingerprint density at radius 3 is 2.50 bits per heavy atom. The summed E-state index contributed by atoms with van der Waals surface area (Å²) in [5.74, 6) is 1.67. The molecule has 1 aliphatic rings. The minimum absolute atomic E-state index is 0.188. The van der Waals surface area contributed by atoms with Crippen LogP contribution in [0.4, 0.5) is 0 Å². The maximum absolute atomic E-state index is 12.3. The number of ketones is 1. The van der Waals surface area contributed by atoms with Gasteiger partial charge >= 0.3 is 0 Å². The van der Waals surface area contributed by atoms with Gasteiger partial charge in [-0.2, -0.15) is 0 Å². The number of hydrogen-bond acceptors (Lipinski definition) is 3. The van der Waals surface area contributed by atoms with E-state index in [1.165, 1.54) is 25.7 Å². The molecule has 0 N–H and O–H groups in total. The lowest BCUT2D eigenvalue weighted by Crippen LogP contribution is -2.41. The maximum atomic E-state index is 12.3. The van der Waals surface area contributed by atoms with Crippen molar-refractivity contribution in [2.75, 3.05) is 20.7 Å². The first-order chi connectivity index (χ1) is 9.61. The van der Waals surface area contributed by atoms with E-state index < -0.39 is 0 Å². The third-order valence-electron chi connectivity index (χ3n) is 4.44. The molecular formula is C17H25NO2. The van der Waals surface area contributed by atoms with Crippen molar-refractivity contribution in [1.82, 2.24) is 4.90 Å². The molecule has 1 aromatic rings. The molecule has 110 valence electrons. The number of carbonyl (C=O) groups is 1. The molecule has 2 atom stereocenters. The normalized spacial score (nSPS) is 22.8. The van der Waals surface area contributed by atoms with Gasteiger partial charge in [0.1, 0.15) is 5.75 Å². The number of benzene rings is 1. The fourth-order valence-electron chi connectivity index (χ4n) is 3.16. The van der Waals surface area contributed by atoms with Crippen molar-refractivity contribution in [1.29, 1.82) is 0 Å². The number of Topliss-reactive ketones (excluding diaryl/α,β-unsaturated/α-hetero) is 1. The molecule has 0 aromatic heterocycles. The first-order valence-electron chi connectivity index (χ1n) is 7.49. The molecule has 0 radical (unpaired) electrons. The highest BCUT2D eigenvalue weighted by molar-refractivity contribution is 5.97. The predicted molar refractivity (Wildman–Crippen MR) is 81.4 cm³/mol. The Bertz CT molecular complexity index is 441. The van der Waals surface area contributed by atoms with Crippen molar-refractivity contribution in [2.45, 2.75) is 38.6 Å². The Balaban J connectivity index is 1.95. The molecule has 1 aliphatic carbocycles. The van der Waals surface area contributed by atoms with E-state index in [2.05, 4.69) is 18.9 Å². The average Bonchev–Trinajstić information content (AvgIpc) is 2.47. The molecule has 0 amide bonds. The number of likely N-dealkylation sites (N-methyl/N-ethyl adjacent to an activating group) is 1. The smallest absolute Gasteiger partial charge is 0.176 e. The van der Waals surface area contributed by atoms with Gasteiger partial charge in [-0.15, -0.1) is 0 Å². The number of rotatable bonds is 5. The predicted octanol–water partition coefficient (Wildman–Crippen LogP) is 3.39. The summed E-state index contributed by atoms with van der Waals surface area (Å²) in [6, 6.07) is 7.93. The van der Waals surface area contributed by atoms with Crippen molar-refractivity contribution in [3.05, 3.63) is 29.8 Å². The first-order valence-corrected chi connectivity index (χ1v) is 7.49. The van der Waals surface area contributed by atoms with Gasteiger partial charge in [-0.1, -0.05) is 19.8 Å². The van der Waals surface area contributed by atoms with E-state index in [1.54, 1.807) is 7.11 Å².